The highest BCUT2D eigenvalue weighted by Gasteiger charge is 2.17. The maximum atomic E-state index is 4.80. The number of hydrogen-bond acceptors (Lipinski definition) is 8. The maximum Gasteiger partial charge on any atom is 0.133 e. The summed E-state index contributed by atoms with van der Waals surface area (Å²) in [5.41, 5.74) is 3.21. The summed E-state index contributed by atoms with van der Waals surface area (Å²) in [5.74, 6) is 2.53. The van der Waals surface area contributed by atoms with Crippen LogP contribution in [0.2, 0.25) is 0 Å². The lowest BCUT2D eigenvalue weighted by atomic mass is 10.2. The van der Waals surface area contributed by atoms with E-state index in [0.29, 0.717) is 0 Å². The van der Waals surface area contributed by atoms with Crippen LogP contribution in [0.5, 0.6) is 0 Å². The van der Waals surface area contributed by atoms with Crippen molar-refractivity contribution in [3.8, 4) is 5.69 Å². The Balaban J connectivity index is 1.32. The molecule has 0 bridgehead atoms. The number of thioether (sulfide) groups is 1. The number of amidine groups is 1. The summed E-state index contributed by atoms with van der Waals surface area (Å²) in [6.07, 6.45) is 5.26. The maximum absolute atomic E-state index is 4.80. The quantitative estimate of drug-likeness (QED) is 0.717. The molecule has 5 rings (SSSR count). The van der Waals surface area contributed by atoms with E-state index in [2.05, 4.69) is 55.5 Å². The van der Waals surface area contributed by atoms with Gasteiger partial charge >= 0.3 is 0 Å². The van der Waals surface area contributed by atoms with Gasteiger partial charge in [-0.25, -0.2) is 9.98 Å². The van der Waals surface area contributed by atoms with Gasteiger partial charge in [0.15, 0.2) is 0 Å². The van der Waals surface area contributed by atoms with Gasteiger partial charge in [0.2, 0.25) is 0 Å². The molecule has 1 aromatic carbocycles. The van der Waals surface area contributed by atoms with Crippen molar-refractivity contribution >= 4 is 34.8 Å². The second kappa shape index (κ2) is 7.84. The molecule has 4 heterocycles. The first-order valence-corrected chi connectivity index (χ1v) is 10.6. The van der Waals surface area contributed by atoms with Crippen molar-refractivity contribution in [2.24, 2.45) is 4.99 Å². The highest BCUT2D eigenvalue weighted by Crippen LogP contribution is 2.35. The Morgan fingerprint density at radius 2 is 1.79 bits per heavy atom. The van der Waals surface area contributed by atoms with Gasteiger partial charge in [-0.1, -0.05) is 0 Å². The second-order valence-electron chi connectivity index (χ2n) is 7.18. The van der Waals surface area contributed by atoms with E-state index in [-0.39, 0.29) is 0 Å². The third-order valence-corrected chi connectivity index (χ3v) is 6.22. The number of fused-ring (bicyclic) bond motifs is 1. The Labute approximate surface area is 173 Å². The molecule has 0 saturated carbocycles. The molecule has 0 amide bonds. The number of nitrogens with zero attached hydrogens (tertiary/aromatic N) is 7. The molecule has 0 atom stereocenters. The summed E-state index contributed by atoms with van der Waals surface area (Å²) in [5, 5.41) is 11.1. The van der Waals surface area contributed by atoms with Gasteiger partial charge in [0.25, 0.3) is 0 Å². The van der Waals surface area contributed by atoms with Gasteiger partial charge in [-0.3, -0.25) is 4.57 Å². The van der Waals surface area contributed by atoms with Crippen molar-refractivity contribution in [2.45, 2.75) is 4.90 Å². The number of nitrogens with one attached hydrogen (secondary N) is 1. The lowest BCUT2D eigenvalue weighted by Crippen LogP contribution is -2.44. The van der Waals surface area contributed by atoms with Gasteiger partial charge in [-0.05, 0) is 31.3 Å². The number of hydrogen-bond donors (Lipinski definition) is 1. The molecule has 148 valence electrons. The monoisotopic (exact) mass is 406 g/mol. The largest absolute Gasteiger partial charge is 0.369 e. The van der Waals surface area contributed by atoms with Crippen LogP contribution in [0, 0.1) is 0 Å². The fourth-order valence-electron chi connectivity index (χ4n) is 3.49. The molecule has 29 heavy (non-hydrogen) atoms. The van der Waals surface area contributed by atoms with Crippen molar-refractivity contribution in [3.63, 3.8) is 0 Å². The molecular formula is C20H22N8S. The van der Waals surface area contributed by atoms with Crippen LogP contribution in [0.4, 0.5) is 17.2 Å². The van der Waals surface area contributed by atoms with E-state index in [1.54, 1.807) is 24.4 Å². The highest BCUT2D eigenvalue weighted by atomic mass is 32.2. The van der Waals surface area contributed by atoms with Gasteiger partial charge < -0.3 is 15.1 Å². The molecule has 2 aliphatic rings. The first-order valence-electron chi connectivity index (χ1n) is 9.60. The fourth-order valence-corrected chi connectivity index (χ4v) is 4.38. The Kier molecular flexibility index (Phi) is 4.91. The molecule has 1 saturated heterocycles. The number of benzene rings is 1. The molecule has 8 nitrogen and oxygen atoms in total. The van der Waals surface area contributed by atoms with Crippen LogP contribution in [0.15, 0.2) is 59.1 Å². The van der Waals surface area contributed by atoms with Crippen molar-refractivity contribution in [3.05, 3.63) is 49.2 Å². The lowest BCUT2D eigenvalue weighted by Gasteiger charge is -2.34. The Hall–Kier alpha value is -2.91. The number of likely N-dealkylation sites (N-methyl/N-ethyl adjacent to an activating group) is 1. The van der Waals surface area contributed by atoms with Crippen molar-refractivity contribution < 1.29 is 0 Å². The van der Waals surface area contributed by atoms with Gasteiger partial charge in [0, 0.05) is 54.7 Å². The zero-order valence-corrected chi connectivity index (χ0v) is 17.0. The third-order valence-electron chi connectivity index (χ3n) is 5.16. The number of anilines is 2. The van der Waals surface area contributed by atoms with E-state index < -0.39 is 0 Å². The zero-order valence-electron chi connectivity index (χ0n) is 16.2. The molecule has 2 aromatic heterocycles. The Morgan fingerprint density at radius 1 is 0.966 bits per heavy atom. The fraction of sp³-hybridized carbons (Fsp3) is 0.300. The van der Waals surface area contributed by atoms with Crippen molar-refractivity contribution in [2.75, 3.05) is 49.2 Å². The molecular weight excluding hydrogens is 384 g/mol. The summed E-state index contributed by atoms with van der Waals surface area (Å²) in [6, 6.07) is 10.4. The SMILES string of the molecule is CN1CCN(c2ccnc(NC3=Nc4ccc(-n5cnnc5)cc4SC3)c2)CC1. The highest BCUT2D eigenvalue weighted by molar-refractivity contribution is 8.00. The van der Waals surface area contributed by atoms with Gasteiger partial charge in [-0.15, -0.1) is 22.0 Å². The smallest absolute Gasteiger partial charge is 0.133 e. The summed E-state index contributed by atoms with van der Waals surface area (Å²) in [6.45, 7) is 4.25. The van der Waals surface area contributed by atoms with E-state index in [4.69, 9.17) is 4.99 Å². The molecule has 9 heteroatoms. The molecule has 0 radical (unpaired) electrons. The minimum absolute atomic E-state index is 0.777. The first kappa shape index (κ1) is 18.1. The van der Waals surface area contributed by atoms with Gasteiger partial charge in [-0.2, -0.15) is 0 Å². The van der Waals surface area contributed by atoms with Crippen LogP contribution in [-0.2, 0) is 0 Å². The number of aromatic nitrogens is 4. The van der Waals surface area contributed by atoms with E-state index >= 15 is 0 Å². The Bertz CT molecular complexity index is 1020. The average Bonchev–Trinajstić information content (AvgIpc) is 3.29. The zero-order chi connectivity index (χ0) is 19.6. The Morgan fingerprint density at radius 3 is 2.62 bits per heavy atom. The minimum Gasteiger partial charge on any atom is -0.369 e. The minimum atomic E-state index is 0.777. The topological polar surface area (TPSA) is 74.5 Å². The summed E-state index contributed by atoms with van der Waals surface area (Å²) >= 11 is 1.77. The molecule has 0 unspecified atom stereocenters. The third kappa shape index (κ3) is 3.96. The van der Waals surface area contributed by atoms with Crippen molar-refractivity contribution in [1.29, 1.82) is 0 Å². The standard InChI is InChI=1S/C20H22N8S/c1-26-6-8-27(9-7-26)16-4-5-21-19(11-16)25-20-12-29-18-10-15(2-3-17(18)24-20)28-13-22-23-14-28/h2-5,10-11,13-14H,6-9,12H2,1H3,(H,21,24,25). The van der Waals surface area contributed by atoms with Gasteiger partial charge in [0.05, 0.1) is 11.4 Å². The molecule has 2 aliphatic heterocycles. The number of piperazine rings is 1. The number of aliphatic imine (C=N–C) groups is 1. The first-order chi connectivity index (χ1) is 14.2. The van der Waals surface area contributed by atoms with Crippen molar-refractivity contribution in [1.82, 2.24) is 24.6 Å². The molecule has 0 spiro atoms. The van der Waals surface area contributed by atoms with E-state index in [9.17, 15) is 0 Å². The number of rotatable bonds is 3. The summed E-state index contributed by atoms with van der Waals surface area (Å²) in [7, 11) is 2.17. The molecule has 0 aliphatic carbocycles. The summed E-state index contributed by atoms with van der Waals surface area (Å²) in [4.78, 5) is 15.2. The average molecular weight is 407 g/mol. The molecule has 1 fully saturated rings. The van der Waals surface area contributed by atoms with E-state index in [0.717, 1.165) is 59.9 Å². The van der Waals surface area contributed by atoms with Crippen LogP contribution in [0.25, 0.3) is 5.69 Å². The van der Waals surface area contributed by atoms with E-state index in [1.807, 2.05) is 22.9 Å². The van der Waals surface area contributed by atoms with Crippen LogP contribution >= 0.6 is 11.8 Å². The van der Waals surface area contributed by atoms with Crippen LogP contribution in [0.1, 0.15) is 0 Å². The van der Waals surface area contributed by atoms with Gasteiger partial charge in [0.1, 0.15) is 24.3 Å². The summed E-state index contributed by atoms with van der Waals surface area (Å²) < 4.78 is 1.89. The number of pyridine rings is 1. The lowest BCUT2D eigenvalue weighted by molar-refractivity contribution is 0.313. The predicted molar refractivity (Wildman–Crippen MR) is 117 cm³/mol. The van der Waals surface area contributed by atoms with Crippen LogP contribution in [0.3, 0.4) is 0 Å². The second-order valence-corrected chi connectivity index (χ2v) is 8.20. The predicted octanol–water partition coefficient (Wildman–Crippen LogP) is 2.66. The normalized spacial score (nSPS) is 17.0. The molecule has 3 aromatic rings. The molecule has 1 N–H and O–H groups in total. The van der Waals surface area contributed by atoms with E-state index in [1.165, 1.54) is 5.69 Å². The van der Waals surface area contributed by atoms with Crippen LogP contribution < -0.4 is 10.2 Å². The van der Waals surface area contributed by atoms with Crippen LogP contribution in [-0.4, -0.2) is 69.5 Å².